The smallest absolute Gasteiger partial charge is 0.124 e. The number of hydrogen-bond donors (Lipinski definition) is 2. The summed E-state index contributed by atoms with van der Waals surface area (Å²) in [6, 6.07) is 17.6. The molecule has 0 heterocycles. The molecule has 114 valence electrons. The van der Waals surface area contributed by atoms with Crippen LogP contribution in [0.5, 0.6) is 11.5 Å². The Bertz CT molecular complexity index is 1060. The van der Waals surface area contributed by atoms with Crippen LogP contribution in [0.3, 0.4) is 0 Å². The Balaban J connectivity index is 2.21. The minimum atomic E-state index is 0.162. The second-order valence-electron chi connectivity index (χ2n) is 6.38. The molecular weight excluding hydrogens is 284 g/mol. The highest BCUT2D eigenvalue weighted by molar-refractivity contribution is 6.19. The van der Waals surface area contributed by atoms with Crippen LogP contribution in [0.25, 0.3) is 32.3 Å². The first-order chi connectivity index (χ1) is 11.1. The highest BCUT2D eigenvalue weighted by Crippen LogP contribution is 2.39. The lowest BCUT2D eigenvalue weighted by molar-refractivity contribution is 0.472. The molecule has 23 heavy (non-hydrogen) atoms. The van der Waals surface area contributed by atoms with E-state index in [-0.39, 0.29) is 11.5 Å². The van der Waals surface area contributed by atoms with Crippen molar-refractivity contribution >= 4 is 32.3 Å². The zero-order valence-corrected chi connectivity index (χ0v) is 13.2. The molecule has 2 nitrogen and oxygen atoms in total. The van der Waals surface area contributed by atoms with Gasteiger partial charge in [0.1, 0.15) is 11.5 Å². The maximum atomic E-state index is 10.4. The molecule has 0 fully saturated rings. The molecule has 4 aromatic rings. The van der Waals surface area contributed by atoms with Crippen molar-refractivity contribution in [2.75, 3.05) is 0 Å². The van der Waals surface area contributed by atoms with Crippen molar-refractivity contribution < 1.29 is 10.2 Å². The lowest BCUT2D eigenvalue weighted by Gasteiger charge is -2.14. The Morgan fingerprint density at radius 3 is 2.09 bits per heavy atom. The third kappa shape index (κ3) is 2.02. The van der Waals surface area contributed by atoms with Crippen molar-refractivity contribution in [3.8, 4) is 11.5 Å². The topological polar surface area (TPSA) is 40.5 Å². The predicted molar refractivity (Wildman–Crippen MR) is 96.4 cm³/mol. The second-order valence-corrected chi connectivity index (χ2v) is 6.38. The van der Waals surface area contributed by atoms with Gasteiger partial charge in [-0.3, -0.25) is 0 Å². The largest absolute Gasteiger partial charge is 0.508 e. The van der Waals surface area contributed by atoms with Crippen molar-refractivity contribution in [3.05, 3.63) is 60.2 Å². The molecular formula is C21H18O2. The zero-order valence-electron chi connectivity index (χ0n) is 13.2. The summed E-state index contributed by atoms with van der Waals surface area (Å²) < 4.78 is 0. The Morgan fingerprint density at radius 2 is 1.30 bits per heavy atom. The van der Waals surface area contributed by atoms with E-state index in [0.29, 0.717) is 11.3 Å². The molecule has 2 N–H and O–H groups in total. The normalized spacial score (nSPS) is 11.8. The molecule has 0 radical (unpaired) electrons. The van der Waals surface area contributed by atoms with Gasteiger partial charge in [0.25, 0.3) is 0 Å². The van der Waals surface area contributed by atoms with E-state index in [9.17, 15) is 10.2 Å². The number of aromatic hydroxyl groups is 2. The van der Waals surface area contributed by atoms with Crippen LogP contribution < -0.4 is 0 Å². The molecule has 0 unspecified atom stereocenters. The zero-order chi connectivity index (χ0) is 16.1. The van der Waals surface area contributed by atoms with Crippen LogP contribution >= 0.6 is 0 Å². The minimum Gasteiger partial charge on any atom is -0.508 e. The number of benzene rings is 4. The van der Waals surface area contributed by atoms with Crippen LogP contribution in [-0.2, 0) is 0 Å². The summed E-state index contributed by atoms with van der Waals surface area (Å²) in [6.45, 7) is 4.39. The molecule has 0 aliphatic carbocycles. The lowest BCUT2D eigenvalue weighted by atomic mass is 9.91. The Morgan fingerprint density at radius 1 is 0.652 bits per heavy atom. The average molecular weight is 302 g/mol. The number of phenols is 2. The summed E-state index contributed by atoms with van der Waals surface area (Å²) in [7, 11) is 0. The van der Waals surface area contributed by atoms with Crippen LogP contribution in [0.2, 0.25) is 0 Å². The summed E-state index contributed by atoms with van der Waals surface area (Å²) in [5, 5.41) is 26.2. The van der Waals surface area contributed by atoms with Gasteiger partial charge in [-0.1, -0.05) is 44.2 Å². The van der Waals surface area contributed by atoms with Gasteiger partial charge in [-0.05, 0) is 62.7 Å². The molecule has 0 saturated heterocycles. The third-order valence-corrected chi connectivity index (χ3v) is 4.61. The lowest BCUT2D eigenvalue weighted by Crippen LogP contribution is -1.90. The molecule has 4 aromatic carbocycles. The van der Waals surface area contributed by atoms with Gasteiger partial charge in [-0.25, -0.2) is 0 Å². The maximum absolute atomic E-state index is 10.4. The predicted octanol–water partition coefficient (Wildman–Crippen LogP) is 5.68. The van der Waals surface area contributed by atoms with Crippen molar-refractivity contribution in [1.82, 2.24) is 0 Å². The van der Waals surface area contributed by atoms with Gasteiger partial charge in [0, 0.05) is 5.39 Å². The first kappa shape index (κ1) is 13.9. The van der Waals surface area contributed by atoms with Crippen LogP contribution in [0, 0.1) is 0 Å². The molecule has 2 heteroatoms. The first-order valence-electron chi connectivity index (χ1n) is 7.86. The van der Waals surface area contributed by atoms with E-state index in [0.717, 1.165) is 21.5 Å². The average Bonchev–Trinajstić information content (AvgIpc) is 2.54. The van der Waals surface area contributed by atoms with Crippen molar-refractivity contribution in [1.29, 1.82) is 0 Å². The summed E-state index contributed by atoms with van der Waals surface area (Å²) in [5.74, 6) is 0.808. The van der Waals surface area contributed by atoms with E-state index < -0.39 is 0 Å². The Labute approximate surface area is 134 Å². The van der Waals surface area contributed by atoms with Crippen LogP contribution in [0.15, 0.2) is 54.6 Å². The van der Waals surface area contributed by atoms with E-state index in [1.165, 1.54) is 10.9 Å². The van der Waals surface area contributed by atoms with Crippen molar-refractivity contribution in [3.63, 3.8) is 0 Å². The van der Waals surface area contributed by atoms with Gasteiger partial charge in [0.05, 0.1) is 0 Å². The Hall–Kier alpha value is -2.74. The van der Waals surface area contributed by atoms with Gasteiger partial charge in [-0.15, -0.1) is 0 Å². The van der Waals surface area contributed by atoms with Crippen LogP contribution in [0.1, 0.15) is 25.3 Å². The molecule has 0 aliphatic rings. The molecule has 0 amide bonds. The number of fused-ring (bicyclic) bond motifs is 5. The van der Waals surface area contributed by atoms with E-state index >= 15 is 0 Å². The fraction of sp³-hybridized carbons (Fsp3) is 0.143. The summed E-state index contributed by atoms with van der Waals surface area (Å²) in [6.07, 6.45) is 0. The molecule has 0 aliphatic heterocycles. The highest BCUT2D eigenvalue weighted by Gasteiger charge is 2.12. The third-order valence-electron chi connectivity index (χ3n) is 4.61. The van der Waals surface area contributed by atoms with Gasteiger partial charge < -0.3 is 10.2 Å². The fourth-order valence-electron chi connectivity index (χ4n) is 3.49. The second kappa shape index (κ2) is 4.88. The first-order valence-corrected chi connectivity index (χ1v) is 7.86. The van der Waals surface area contributed by atoms with E-state index in [2.05, 4.69) is 44.2 Å². The SMILES string of the molecule is CC(C)c1cccc2c1ccc1c3ccc(O)cc3c(O)cc21. The van der Waals surface area contributed by atoms with Crippen molar-refractivity contribution in [2.45, 2.75) is 19.8 Å². The summed E-state index contributed by atoms with van der Waals surface area (Å²) in [4.78, 5) is 0. The fourth-order valence-corrected chi connectivity index (χ4v) is 3.49. The monoisotopic (exact) mass is 302 g/mol. The molecule has 0 saturated carbocycles. The number of phenolic OH excluding ortho intramolecular Hbond substituents is 2. The standard InChI is InChI=1S/C21H18O2/c1-12(2)14-4-3-5-15-16(14)8-9-17-18-7-6-13(22)10-20(18)21(23)11-19(15)17/h3-12,22-23H,1-2H3. The van der Waals surface area contributed by atoms with Gasteiger partial charge in [0.2, 0.25) is 0 Å². The van der Waals surface area contributed by atoms with Gasteiger partial charge >= 0.3 is 0 Å². The van der Waals surface area contributed by atoms with E-state index in [1.54, 1.807) is 12.1 Å². The van der Waals surface area contributed by atoms with Gasteiger partial charge in [-0.2, -0.15) is 0 Å². The quantitative estimate of drug-likeness (QED) is 0.444. The summed E-state index contributed by atoms with van der Waals surface area (Å²) >= 11 is 0. The highest BCUT2D eigenvalue weighted by atomic mass is 16.3. The van der Waals surface area contributed by atoms with E-state index in [4.69, 9.17) is 0 Å². The molecule has 0 atom stereocenters. The number of rotatable bonds is 1. The molecule has 0 spiro atoms. The minimum absolute atomic E-state index is 0.162. The van der Waals surface area contributed by atoms with E-state index in [1.807, 2.05) is 12.1 Å². The maximum Gasteiger partial charge on any atom is 0.124 e. The summed E-state index contributed by atoms with van der Waals surface area (Å²) in [5.41, 5.74) is 1.31. The van der Waals surface area contributed by atoms with Gasteiger partial charge in [0.15, 0.2) is 0 Å². The molecule has 0 aromatic heterocycles. The van der Waals surface area contributed by atoms with Crippen molar-refractivity contribution in [2.24, 2.45) is 0 Å². The van der Waals surface area contributed by atoms with Crippen LogP contribution in [0.4, 0.5) is 0 Å². The molecule has 4 rings (SSSR count). The van der Waals surface area contributed by atoms with Crippen LogP contribution in [-0.4, -0.2) is 10.2 Å². The number of hydrogen-bond acceptors (Lipinski definition) is 2. The molecule has 0 bridgehead atoms. The Kier molecular flexibility index (Phi) is 2.95.